The number of para-hydroxylation sites is 1. The minimum atomic E-state index is 0.0638. The Labute approximate surface area is 106 Å². The van der Waals surface area contributed by atoms with Crippen molar-refractivity contribution in [1.29, 1.82) is 0 Å². The largest absolute Gasteiger partial charge is 0.331 e. The van der Waals surface area contributed by atoms with E-state index in [1.807, 2.05) is 30.0 Å². The minimum Gasteiger partial charge on any atom is -0.331 e. The number of aromatic nitrogens is 1. The number of rotatable bonds is 1. The summed E-state index contributed by atoms with van der Waals surface area (Å²) in [6.07, 6.45) is 0. The van der Waals surface area contributed by atoms with Gasteiger partial charge in [0.15, 0.2) is 0 Å². The summed E-state index contributed by atoms with van der Waals surface area (Å²) in [5, 5.41) is 1.15. The highest BCUT2D eigenvalue weighted by Gasteiger charge is 2.36. The molecule has 2 heterocycles. The van der Waals surface area contributed by atoms with Gasteiger partial charge in [-0.15, -0.1) is 0 Å². The third kappa shape index (κ3) is 1.30. The number of amides is 1. The van der Waals surface area contributed by atoms with Crippen molar-refractivity contribution < 1.29 is 4.79 Å². The number of fused-ring (bicyclic) bond motifs is 2. The van der Waals surface area contributed by atoms with Crippen molar-refractivity contribution in [3.05, 3.63) is 41.1 Å². The van der Waals surface area contributed by atoms with Crippen molar-refractivity contribution in [1.82, 2.24) is 9.88 Å². The quantitative estimate of drug-likeness (QED) is 0.767. The highest BCUT2D eigenvalue weighted by molar-refractivity contribution is 6.01. The Morgan fingerprint density at radius 2 is 2.06 bits per heavy atom. The van der Waals surface area contributed by atoms with Crippen LogP contribution in [0, 0.1) is 6.92 Å². The molecule has 0 saturated carbocycles. The van der Waals surface area contributed by atoms with E-state index in [4.69, 9.17) is 0 Å². The minimum absolute atomic E-state index is 0.0638. The van der Waals surface area contributed by atoms with Gasteiger partial charge in [-0.25, -0.2) is 4.98 Å². The van der Waals surface area contributed by atoms with E-state index in [9.17, 15) is 4.79 Å². The lowest BCUT2D eigenvalue weighted by Gasteiger charge is -2.20. The molecule has 1 aliphatic rings. The molecule has 0 fully saturated rings. The fraction of sp³-hybridized carbons (Fsp3) is 0.333. The monoisotopic (exact) mass is 240 g/mol. The second kappa shape index (κ2) is 3.80. The standard InChI is InChI=1S/C15H16N2O/c1-4-17-10(3)13-9(2)11-7-5-6-8-12(11)16-14(13)15(17)18/h5-8,10H,4H2,1-3H3. The summed E-state index contributed by atoms with van der Waals surface area (Å²) in [6.45, 7) is 6.91. The molecule has 3 nitrogen and oxygen atoms in total. The van der Waals surface area contributed by atoms with Crippen molar-refractivity contribution in [2.45, 2.75) is 26.8 Å². The highest BCUT2D eigenvalue weighted by atomic mass is 16.2. The van der Waals surface area contributed by atoms with Gasteiger partial charge in [0, 0.05) is 17.5 Å². The molecule has 0 saturated heterocycles. The second-order valence-corrected chi connectivity index (χ2v) is 4.78. The smallest absolute Gasteiger partial charge is 0.273 e. The van der Waals surface area contributed by atoms with Gasteiger partial charge in [0.1, 0.15) is 5.69 Å². The zero-order chi connectivity index (χ0) is 12.9. The number of pyridine rings is 1. The Morgan fingerprint density at radius 3 is 2.78 bits per heavy atom. The first-order chi connectivity index (χ1) is 8.65. The fourth-order valence-corrected chi connectivity index (χ4v) is 2.95. The number of carbonyl (C=O) groups excluding carboxylic acids is 1. The summed E-state index contributed by atoms with van der Waals surface area (Å²) < 4.78 is 0. The van der Waals surface area contributed by atoms with E-state index < -0.39 is 0 Å². The van der Waals surface area contributed by atoms with Crippen LogP contribution < -0.4 is 0 Å². The van der Waals surface area contributed by atoms with E-state index in [1.54, 1.807) is 0 Å². The van der Waals surface area contributed by atoms with E-state index in [0.29, 0.717) is 5.69 Å². The summed E-state index contributed by atoms with van der Waals surface area (Å²) in [7, 11) is 0. The SMILES string of the molecule is CCN1C(=O)c2nc3ccccc3c(C)c2C1C. The van der Waals surface area contributed by atoms with Crippen LogP contribution in [0.4, 0.5) is 0 Å². The van der Waals surface area contributed by atoms with E-state index in [1.165, 1.54) is 5.56 Å². The van der Waals surface area contributed by atoms with Gasteiger partial charge in [0.25, 0.3) is 5.91 Å². The summed E-state index contributed by atoms with van der Waals surface area (Å²) in [6, 6.07) is 8.15. The third-order valence-corrected chi connectivity index (χ3v) is 3.89. The second-order valence-electron chi connectivity index (χ2n) is 4.78. The molecular weight excluding hydrogens is 224 g/mol. The van der Waals surface area contributed by atoms with Crippen LogP contribution in [0.3, 0.4) is 0 Å². The van der Waals surface area contributed by atoms with E-state index in [2.05, 4.69) is 24.9 Å². The third-order valence-electron chi connectivity index (χ3n) is 3.89. The maximum Gasteiger partial charge on any atom is 0.273 e. The van der Waals surface area contributed by atoms with Gasteiger partial charge in [0.2, 0.25) is 0 Å². The Balaban J connectivity index is 2.35. The summed E-state index contributed by atoms with van der Waals surface area (Å²) >= 11 is 0. The number of hydrogen-bond donors (Lipinski definition) is 0. The van der Waals surface area contributed by atoms with Crippen LogP contribution in [0.5, 0.6) is 0 Å². The molecule has 0 spiro atoms. The first-order valence-electron chi connectivity index (χ1n) is 6.35. The number of aryl methyl sites for hydroxylation is 1. The zero-order valence-electron chi connectivity index (χ0n) is 10.9. The van der Waals surface area contributed by atoms with Gasteiger partial charge in [-0.2, -0.15) is 0 Å². The van der Waals surface area contributed by atoms with Crippen molar-refractivity contribution in [2.24, 2.45) is 0 Å². The fourth-order valence-electron chi connectivity index (χ4n) is 2.95. The molecule has 3 rings (SSSR count). The van der Waals surface area contributed by atoms with Crippen molar-refractivity contribution in [2.75, 3.05) is 6.54 Å². The van der Waals surface area contributed by atoms with Gasteiger partial charge in [-0.05, 0) is 32.4 Å². The van der Waals surface area contributed by atoms with Gasteiger partial charge in [-0.3, -0.25) is 4.79 Å². The predicted molar refractivity (Wildman–Crippen MR) is 71.6 cm³/mol. The average Bonchev–Trinajstić information content (AvgIpc) is 2.62. The Hall–Kier alpha value is -1.90. The summed E-state index contributed by atoms with van der Waals surface area (Å²) in [4.78, 5) is 18.7. The number of nitrogens with zero attached hydrogens (tertiary/aromatic N) is 2. The van der Waals surface area contributed by atoms with Crippen molar-refractivity contribution in [3.63, 3.8) is 0 Å². The Kier molecular flexibility index (Phi) is 2.37. The number of benzene rings is 1. The molecule has 0 aliphatic carbocycles. The normalized spacial score (nSPS) is 18.5. The van der Waals surface area contributed by atoms with Crippen molar-refractivity contribution >= 4 is 16.8 Å². The Bertz CT molecular complexity index is 648. The molecule has 1 atom stereocenters. The molecule has 1 unspecified atom stereocenters. The van der Waals surface area contributed by atoms with Crippen LogP contribution in [0.2, 0.25) is 0 Å². The lowest BCUT2D eigenvalue weighted by Crippen LogP contribution is -2.26. The molecule has 0 bridgehead atoms. The number of hydrogen-bond acceptors (Lipinski definition) is 2. The van der Waals surface area contributed by atoms with Crippen LogP contribution in [-0.2, 0) is 0 Å². The summed E-state index contributed by atoms with van der Waals surface area (Å²) in [5.41, 5.74) is 3.83. The van der Waals surface area contributed by atoms with Crippen molar-refractivity contribution in [3.8, 4) is 0 Å². The molecule has 3 heteroatoms. The molecule has 1 amide bonds. The molecule has 92 valence electrons. The molecule has 2 aromatic rings. The molecular formula is C15H16N2O. The van der Waals surface area contributed by atoms with Gasteiger partial charge in [0.05, 0.1) is 11.6 Å². The Morgan fingerprint density at radius 1 is 1.33 bits per heavy atom. The number of carbonyl (C=O) groups is 1. The lowest BCUT2D eigenvalue weighted by atomic mass is 9.99. The predicted octanol–water partition coefficient (Wildman–Crippen LogP) is 3.08. The lowest BCUT2D eigenvalue weighted by molar-refractivity contribution is 0.0744. The highest BCUT2D eigenvalue weighted by Crippen LogP contribution is 2.36. The van der Waals surface area contributed by atoms with Gasteiger partial charge >= 0.3 is 0 Å². The van der Waals surface area contributed by atoms with Gasteiger partial charge in [-0.1, -0.05) is 18.2 Å². The maximum absolute atomic E-state index is 12.3. The molecule has 1 aliphatic heterocycles. The maximum atomic E-state index is 12.3. The van der Waals surface area contributed by atoms with Crippen LogP contribution in [0.25, 0.3) is 10.9 Å². The molecule has 1 aromatic heterocycles. The average molecular weight is 240 g/mol. The topological polar surface area (TPSA) is 33.2 Å². The zero-order valence-corrected chi connectivity index (χ0v) is 10.9. The molecule has 0 radical (unpaired) electrons. The first-order valence-corrected chi connectivity index (χ1v) is 6.35. The van der Waals surface area contributed by atoms with E-state index in [0.717, 1.165) is 23.0 Å². The summed E-state index contributed by atoms with van der Waals surface area (Å²) in [5.74, 6) is 0.0638. The van der Waals surface area contributed by atoms with E-state index in [-0.39, 0.29) is 11.9 Å². The van der Waals surface area contributed by atoms with E-state index >= 15 is 0 Å². The molecule has 0 N–H and O–H groups in total. The van der Waals surface area contributed by atoms with Gasteiger partial charge < -0.3 is 4.90 Å². The van der Waals surface area contributed by atoms with Crippen LogP contribution >= 0.6 is 0 Å². The molecule has 1 aromatic carbocycles. The molecule has 18 heavy (non-hydrogen) atoms. The van der Waals surface area contributed by atoms with Crippen LogP contribution in [-0.4, -0.2) is 22.3 Å². The first kappa shape index (κ1) is 11.2. The van der Waals surface area contributed by atoms with Crippen LogP contribution in [0.15, 0.2) is 24.3 Å². The van der Waals surface area contributed by atoms with Crippen LogP contribution in [0.1, 0.15) is 41.5 Å².